The van der Waals surface area contributed by atoms with E-state index in [1.54, 1.807) is 17.1 Å². The molecule has 0 fully saturated rings. The van der Waals surface area contributed by atoms with E-state index >= 15 is 0 Å². The second-order valence-corrected chi connectivity index (χ2v) is 6.51. The molecular weight excluding hydrogens is 348 g/mol. The van der Waals surface area contributed by atoms with Crippen molar-refractivity contribution < 1.29 is 4.79 Å². The van der Waals surface area contributed by atoms with Gasteiger partial charge in [-0.15, -0.1) is 0 Å². The van der Waals surface area contributed by atoms with Crippen LogP contribution in [0, 0.1) is 0 Å². The minimum atomic E-state index is -0.0768. The van der Waals surface area contributed by atoms with Crippen molar-refractivity contribution in [2.24, 2.45) is 0 Å². The smallest absolute Gasteiger partial charge is 0.228 e. The third-order valence-electron chi connectivity index (χ3n) is 4.23. The highest BCUT2D eigenvalue weighted by Gasteiger charge is 2.10. The molecule has 0 saturated heterocycles. The van der Waals surface area contributed by atoms with E-state index in [9.17, 15) is 4.79 Å². The Morgan fingerprint density at radius 1 is 1.12 bits per heavy atom. The molecule has 0 bridgehead atoms. The zero-order chi connectivity index (χ0) is 17.9. The molecular formula is C20H17ClN4O. The summed E-state index contributed by atoms with van der Waals surface area (Å²) in [4.78, 5) is 15.5. The summed E-state index contributed by atoms with van der Waals surface area (Å²) in [7, 11) is 0. The van der Waals surface area contributed by atoms with Crippen molar-refractivity contribution in [2.75, 3.05) is 5.32 Å². The summed E-state index contributed by atoms with van der Waals surface area (Å²) in [5, 5.41) is 8.95. The fraction of sp³-hybridized carbons (Fsp3) is 0.100. The van der Waals surface area contributed by atoms with Gasteiger partial charge in [0.1, 0.15) is 0 Å². The Morgan fingerprint density at radius 2 is 1.92 bits per heavy atom. The van der Waals surface area contributed by atoms with Crippen LogP contribution in [0.15, 0.2) is 67.1 Å². The number of benzene rings is 2. The lowest BCUT2D eigenvalue weighted by molar-refractivity contribution is -0.115. The molecule has 0 aliphatic carbocycles. The number of H-pyrrole nitrogens is 1. The number of hydrogen-bond acceptors (Lipinski definition) is 2. The van der Waals surface area contributed by atoms with Crippen LogP contribution in [0.5, 0.6) is 0 Å². The number of aromatic nitrogens is 3. The number of hydrogen-bond donors (Lipinski definition) is 2. The maximum atomic E-state index is 12.4. The number of carbonyl (C=O) groups excluding carboxylic acids is 1. The van der Waals surface area contributed by atoms with Crippen LogP contribution in [0.3, 0.4) is 0 Å². The first kappa shape index (κ1) is 16.4. The third kappa shape index (κ3) is 3.48. The Morgan fingerprint density at radius 3 is 2.81 bits per heavy atom. The van der Waals surface area contributed by atoms with Crippen molar-refractivity contribution in [3.05, 3.63) is 83.3 Å². The summed E-state index contributed by atoms with van der Waals surface area (Å²) < 4.78 is 1.75. The first-order valence-corrected chi connectivity index (χ1v) is 8.67. The number of halogens is 1. The molecule has 4 rings (SSSR count). The molecule has 26 heavy (non-hydrogen) atoms. The topological polar surface area (TPSA) is 62.7 Å². The SMILES string of the molecule is O=C(Cc1c[nH]c2ccccc12)Nc1cnn(Cc2ccccc2Cl)c1. The molecule has 2 N–H and O–H groups in total. The van der Waals surface area contributed by atoms with Crippen molar-refractivity contribution in [3.63, 3.8) is 0 Å². The molecule has 0 aliphatic rings. The largest absolute Gasteiger partial charge is 0.361 e. The van der Waals surface area contributed by atoms with Crippen LogP contribution in [0.25, 0.3) is 10.9 Å². The van der Waals surface area contributed by atoms with Crippen LogP contribution in [0.4, 0.5) is 5.69 Å². The predicted octanol–water partition coefficient (Wildman–Crippen LogP) is 4.25. The van der Waals surface area contributed by atoms with Crippen LogP contribution in [-0.4, -0.2) is 20.7 Å². The number of nitrogens with one attached hydrogen (secondary N) is 2. The van der Waals surface area contributed by atoms with Gasteiger partial charge in [0.25, 0.3) is 0 Å². The van der Waals surface area contributed by atoms with Crippen molar-refractivity contribution in [3.8, 4) is 0 Å². The molecule has 0 saturated carbocycles. The molecule has 130 valence electrons. The Bertz CT molecular complexity index is 1070. The van der Waals surface area contributed by atoms with E-state index in [1.165, 1.54) is 0 Å². The molecule has 0 aliphatic heterocycles. The van der Waals surface area contributed by atoms with Crippen LogP contribution in [-0.2, 0) is 17.8 Å². The summed E-state index contributed by atoms with van der Waals surface area (Å²) in [5.74, 6) is -0.0768. The molecule has 5 nitrogen and oxygen atoms in total. The normalized spacial score (nSPS) is 11.0. The zero-order valence-electron chi connectivity index (χ0n) is 13.9. The summed E-state index contributed by atoms with van der Waals surface area (Å²) in [6.07, 6.45) is 5.63. The van der Waals surface area contributed by atoms with Crippen LogP contribution in [0.1, 0.15) is 11.1 Å². The van der Waals surface area contributed by atoms with Crippen molar-refractivity contribution in [1.29, 1.82) is 0 Å². The number of aromatic amines is 1. The molecule has 0 spiro atoms. The zero-order valence-corrected chi connectivity index (χ0v) is 14.7. The molecule has 0 unspecified atom stereocenters. The van der Waals surface area contributed by atoms with E-state index in [4.69, 9.17) is 11.6 Å². The summed E-state index contributed by atoms with van der Waals surface area (Å²) in [5.41, 5.74) is 3.65. The molecule has 0 radical (unpaired) electrons. The number of amides is 1. The van der Waals surface area contributed by atoms with E-state index in [0.29, 0.717) is 23.7 Å². The molecule has 2 aromatic carbocycles. The number of nitrogens with zero attached hydrogens (tertiary/aromatic N) is 2. The first-order chi connectivity index (χ1) is 12.7. The minimum Gasteiger partial charge on any atom is -0.361 e. The molecule has 6 heteroatoms. The number of para-hydroxylation sites is 1. The van der Waals surface area contributed by atoms with Crippen LogP contribution < -0.4 is 5.32 Å². The van der Waals surface area contributed by atoms with Gasteiger partial charge in [-0.05, 0) is 23.3 Å². The fourth-order valence-corrected chi connectivity index (χ4v) is 3.17. The van der Waals surface area contributed by atoms with E-state index in [-0.39, 0.29) is 5.91 Å². The van der Waals surface area contributed by atoms with Crippen LogP contribution in [0.2, 0.25) is 5.02 Å². The van der Waals surface area contributed by atoms with Gasteiger partial charge >= 0.3 is 0 Å². The molecule has 2 heterocycles. The highest BCUT2D eigenvalue weighted by molar-refractivity contribution is 6.31. The lowest BCUT2D eigenvalue weighted by atomic mass is 10.1. The van der Waals surface area contributed by atoms with Crippen molar-refractivity contribution in [2.45, 2.75) is 13.0 Å². The van der Waals surface area contributed by atoms with E-state index < -0.39 is 0 Å². The van der Waals surface area contributed by atoms with Gasteiger partial charge < -0.3 is 10.3 Å². The summed E-state index contributed by atoms with van der Waals surface area (Å²) in [6.45, 7) is 0.554. The van der Waals surface area contributed by atoms with Gasteiger partial charge in [-0.1, -0.05) is 48.0 Å². The third-order valence-corrected chi connectivity index (χ3v) is 4.60. The fourth-order valence-electron chi connectivity index (χ4n) is 2.97. The maximum Gasteiger partial charge on any atom is 0.228 e. The maximum absolute atomic E-state index is 12.4. The average molecular weight is 365 g/mol. The first-order valence-electron chi connectivity index (χ1n) is 8.30. The van der Waals surface area contributed by atoms with Gasteiger partial charge in [0, 0.05) is 28.3 Å². The quantitative estimate of drug-likeness (QED) is 0.556. The Kier molecular flexibility index (Phi) is 4.46. The lowest BCUT2D eigenvalue weighted by Crippen LogP contribution is -2.13. The monoisotopic (exact) mass is 364 g/mol. The van der Waals surface area contributed by atoms with Crippen LogP contribution >= 0.6 is 11.6 Å². The Balaban J connectivity index is 1.42. The summed E-state index contributed by atoms with van der Waals surface area (Å²) >= 11 is 6.18. The second-order valence-electron chi connectivity index (χ2n) is 6.10. The van der Waals surface area contributed by atoms with Crippen molar-refractivity contribution >= 4 is 34.1 Å². The van der Waals surface area contributed by atoms with E-state index in [2.05, 4.69) is 15.4 Å². The van der Waals surface area contributed by atoms with E-state index in [1.807, 2.05) is 54.7 Å². The summed E-state index contributed by atoms with van der Waals surface area (Å²) in [6, 6.07) is 15.6. The van der Waals surface area contributed by atoms with Gasteiger partial charge in [0.2, 0.25) is 5.91 Å². The molecule has 0 atom stereocenters. The predicted molar refractivity (Wildman–Crippen MR) is 103 cm³/mol. The average Bonchev–Trinajstić information content (AvgIpc) is 3.24. The Hall–Kier alpha value is -3.05. The second kappa shape index (κ2) is 7.06. The standard InChI is InChI=1S/C20H17ClN4O/c21-18-7-3-1-5-14(18)12-25-13-16(11-23-25)24-20(26)9-15-10-22-19-8-4-2-6-17(15)19/h1-8,10-11,13,22H,9,12H2,(H,24,26). The highest BCUT2D eigenvalue weighted by atomic mass is 35.5. The lowest BCUT2D eigenvalue weighted by Gasteiger charge is -2.04. The molecule has 1 amide bonds. The van der Waals surface area contributed by atoms with Gasteiger partial charge in [-0.3, -0.25) is 9.48 Å². The van der Waals surface area contributed by atoms with Gasteiger partial charge in [-0.25, -0.2) is 0 Å². The van der Waals surface area contributed by atoms with Gasteiger partial charge in [-0.2, -0.15) is 5.10 Å². The Labute approximate surface area is 155 Å². The number of fused-ring (bicyclic) bond motifs is 1. The van der Waals surface area contributed by atoms with Crippen molar-refractivity contribution in [1.82, 2.24) is 14.8 Å². The highest BCUT2D eigenvalue weighted by Crippen LogP contribution is 2.19. The molecule has 2 aromatic heterocycles. The van der Waals surface area contributed by atoms with Gasteiger partial charge in [0.05, 0.1) is 24.8 Å². The number of carbonyl (C=O) groups is 1. The number of rotatable bonds is 5. The van der Waals surface area contributed by atoms with E-state index in [0.717, 1.165) is 22.0 Å². The minimum absolute atomic E-state index is 0.0768. The number of anilines is 1. The molecule has 4 aromatic rings. The van der Waals surface area contributed by atoms with Gasteiger partial charge in [0.15, 0.2) is 0 Å².